The Hall–Kier alpha value is -4.13. The molecule has 2 N–H and O–H groups in total. The van der Waals surface area contributed by atoms with E-state index in [1.807, 2.05) is 78.9 Å². The molecule has 1 aliphatic carbocycles. The van der Waals surface area contributed by atoms with E-state index in [9.17, 15) is 19.5 Å². The summed E-state index contributed by atoms with van der Waals surface area (Å²) in [5, 5.41) is 11.8. The Balaban J connectivity index is 1.31. The normalized spacial score (nSPS) is 13.7. The standard InChI is InChI=1S/C28H27NO6/c1-18(15-19-9-3-2-4-10-19)35-26(30)16-25(27(31)32)29-28(33)34-17-24-22-13-7-5-11-20(22)21-12-6-8-14-23(21)24/h2-14,18,24-25H,15-17H2,1H3,(H,29,33)(H,31,32)/t18?,25-/m0/s1. The first-order chi connectivity index (χ1) is 16.9. The van der Waals surface area contributed by atoms with Crippen LogP contribution in [-0.2, 0) is 25.5 Å². The van der Waals surface area contributed by atoms with Gasteiger partial charge < -0.3 is 19.9 Å². The first kappa shape index (κ1) is 24.0. The summed E-state index contributed by atoms with van der Waals surface area (Å²) in [6, 6.07) is 23.9. The van der Waals surface area contributed by atoms with Crippen molar-refractivity contribution < 1.29 is 29.0 Å². The minimum absolute atomic E-state index is 0.0464. The lowest BCUT2D eigenvalue weighted by molar-refractivity contribution is -0.152. The zero-order valence-corrected chi connectivity index (χ0v) is 19.3. The fourth-order valence-corrected chi connectivity index (χ4v) is 4.41. The van der Waals surface area contributed by atoms with Gasteiger partial charge in [0.25, 0.3) is 0 Å². The van der Waals surface area contributed by atoms with Crippen LogP contribution >= 0.6 is 0 Å². The molecular formula is C28H27NO6. The zero-order chi connectivity index (χ0) is 24.8. The van der Waals surface area contributed by atoms with Crippen LogP contribution in [0.5, 0.6) is 0 Å². The van der Waals surface area contributed by atoms with Crippen molar-refractivity contribution in [1.82, 2.24) is 5.32 Å². The molecule has 4 rings (SSSR count). The number of carboxylic acid groups (broad SMARTS) is 1. The molecule has 1 aliphatic rings. The second kappa shape index (κ2) is 10.9. The van der Waals surface area contributed by atoms with E-state index in [0.717, 1.165) is 27.8 Å². The summed E-state index contributed by atoms with van der Waals surface area (Å²) in [7, 11) is 0. The fourth-order valence-electron chi connectivity index (χ4n) is 4.41. The highest BCUT2D eigenvalue weighted by molar-refractivity contribution is 5.85. The number of ether oxygens (including phenoxy) is 2. The second-order valence-electron chi connectivity index (χ2n) is 8.56. The predicted molar refractivity (Wildman–Crippen MR) is 130 cm³/mol. The van der Waals surface area contributed by atoms with Gasteiger partial charge >= 0.3 is 18.0 Å². The van der Waals surface area contributed by atoms with E-state index in [4.69, 9.17) is 9.47 Å². The van der Waals surface area contributed by atoms with Crippen molar-refractivity contribution in [2.45, 2.75) is 37.8 Å². The molecule has 3 aromatic rings. The van der Waals surface area contributed by atoms with Gasteiger partial charge in [-0.25, -0.2) is 9.59 Å². The number of alkyl carbamates (subject to hydrolysis) is 1. The van der Waals surface area contributed by atoms with Gasteiger partial charge in [-0.05, 0) is 34.7 Å². The third-order valence-corrected chi connectivity index (χ3v) is 6.00. The van der Waals surface area contributed by atoms with Crippen molar-refractivity contribution in [2.24, 2.45) is 0 Å². The lowest BCUT2D eigenvalue weighted by atomic mass is 9.98. The highest BCUT2D eigenvalue weighted by atomic mass is 16.6. The van der Waals surface area contributed by atoms with Gasteiger partial charge in [-0.2, -0.15) is 0 Å². The van der Waals surface area contributed by atoms with E-state index in [1.54, 1.807) is 6.92 Å². The van der Waals surface area contributed by atoms with E-state index < -0.39 is 36.6 Å². The first-order valence-electron chi connectivity index (χ1n) is 11.5. The van der Waals surface area contributed by atoms with Gasteiger partial charge in [0.2, 0.25) is 0 Å². The lowest BCUT2D eigenvalue weighted by Crippen LogP contribution is -2.43. The number of benzene rings is 3. The SMILES string of the molecule is CC(Cc1ccccc1)OC(=O)C[C@H](NC(=O)OCC1c2ccccc2-c2ccccc21)C(=O)O. The van der Waals surface area contributed by atoms with Gasteiger partial charge in [0.05, 0.1) is 6.42 Å². The number of rotatable bonds is 9. The van der Waals surface area contributed by atoms with Crippen LogP contribution in [0, 0.1) is 0 Å². The summed E-state index contributed by atoms with van der Waals surface area (Å²) in [6.45, 7) is 1.78. The number of esters is 1. The van der Waals surface area contributed by atoms with Crippen molar-refractivity contribution >= 4 is 18.0 Å². The largest absolute Gasteiger partial charge is 0.480 e. The van der Waals surface area contributed by atoms with E-state index >= 15 is 0 Å². The molecule has 0 heterocycles. The molecule has 0 fully saturated rings. The number of nitrogens with one attached hydrogen (secondary N) is 1. The Bertz CT molecular complexity index is 1160. The topological polar surface area (TPSA) is 102 Å². The number of aliphatic carboxylic acids is 1. The van der Waals surface area contributed by atoms with Gasteiger partial charge in [-0.15, -0.1) is 0 Å². The van der Waals surface area contributed by atoms with Crippen LogP contribution < -0.4 is 5.32 Å². The molecule has 0 aliphatic heterocycles. The van der Waals surface area contributed by atoms with Crippen molar-refractivity contribution in [3.05, 3.63) is 95.6 Å². The number of carboxylic acids is 1. The predicted octanol–water partition coefficient (Wildman–Crippen LogP) is 4.54. The lowest BCUT2D eigenvalue weighted by Gasteiger charge is -2.18. The molecule has 0 aromatic heterocycles. The minimum Gasteiger partial charge on any atom is -0.480 e. The molecule has 3 aromatic carbocycles. The minimum atomic E-state index is -1.46. The summed E-state index contributed by atoms with van der Waals surface area (Å²) < 4.78 is 10.7. The van der Waals surface area contributed by atoms with E-state index in [1.165, 1.54) is 0 Å². The van der Waals surface area contributed by atoms with Gasteiger partial charge in [-0.1, -0.05) is 78.9 Å². The Morgan fingerprint density at radius 3 is 2.06 bits per heavy atom. The van der Waals surface area contributed by atoms with Crippen LogP contribution in [0.2, 0.25) is 0 Å². The highest BCUT2D eigenvalue weighted by Gasteiger charge is 2.30. The molecule has 35 heavy (non-hydrogen) atoms. The number of carbonyl (C=O) groups is 3. The zero-order valence-electron chi connectivity index (χ0n) is 19.3. The van der Waals surface area contributed by atoms with Crippen molar-refractivity contribution in [1.29, 1.82) is 0 Å². The Labute approximate surface area is 203 Å². The molecule has 2 atom stereocenters. The van der Waals surface area contributed by atoms with E-state index in [0.29, 0.717) is 6.42 Å². The smallest absolute Gasteiger partial charge is 0.407 e. The number of amides is 1. The Kier molecular flexibility index (Phi) is 7.45. The van der Waals surface area contributed by atoms with Crippen LogP contribution in [0.25, 0.3) is 11.1 Å². The quantitative estimate of drug-likeness (QED) is 0.443. The highest BCUT2D eigenvalue weighted by Crippen LogP contribution is 2.44. The van der Waals surface area contributed by atoms with Crippen LogP contribution in [-0.4, -0.2) is 41.9 Å². The number of hydrogen-bond donors (Lipinski definition) is 2. The molecule has 7 heteroatoms. The molecule has 1 amide bonds. The van der Waals surface area contributed by atoms with Crippen molar-refractivity contribution in [3.63, 3.8) is 0 Å². The second-order valence-corrected chi connectivity index (χ2v) is 8.56. The number of fused-ring (bicyclic) bond motifs is 3. The van der Waals surface area contributed by atoms with Gasteiger partial charge in [0.1, 0.15) is 18.8 Å². The first-order valence-corrected chi connectivity index (χ1v) is 11.5. The van der Waals surface area contributed by atoms with Crippen LogP contribution in [0.1, 0.15) is 36.0 Å². The molecule has 0 bridgehead atoms. The van der Waals surface area contributed by atoms with Crippen LogP contribution in [0.4, 0.5) is 4.79 Å². The molecule has 1 unspecified atom stereocenters. The van der Waals surface area contributed by atoms with Crippen LogP contribution in [0.3, 0.4) is 0 Å². The summed E-state index contributed by atoms with van der Waals surface area (Å²) in [5.74, 6) is -2.20. The van der Waals surface area contributed by atoms with Crippen molar-refractivity contribution in [3.8, 4) is 11.1 Å². The average Bonchev–Trinajstić information content (AvgIpc) is 3.16. The third kappa shape index (κ3) is 5.87. The van der Waals surface area contributed by atoms with Gasteiger partial charge in [-0.3, -0.25) is 4.79 Å². The Morgan fingerprint density at radius 1 is 0.886 bits per heavy atom. The molecule has 0 spiro atoms. The molecule has 180 valence electrons. The third-order valence-electron chi connectivity index (χ3n) is 6.00. The van der Waals surface area contributed by atoms with Crippen molar-refractivity contribution in [2.75, 3.05) is 6.61 Å². The molecule has 0 saturated heterocycles. The molecule has 0 radical (unpaired) electrons. The summed E-state index contributed by atoms with van der Waals surface area (Å²) in [6.07, 6.45) is -1.33. The number of carbonyl (C=O) groups excluding carboxylic acids is 2. The molecule has 7 nitrogen and oxygen atoms in total. The van der Waals surface area contributed by atoms with Crippen LogP contribution in [0.15, 0.2) is 78.9 Å². The van der Waals surface area contributed by atoms with E-state index in [-0.39, 0.29) is 12.5 Å². The maximum absolute atomic E-state index is 12.4. The molecular weight excluding hydrogens is 446 g/mol. The van der Waals surface area contributed by atoms with E-state index in [2.05, 4.69) is 5.32 Å². The maximum Gasteiger partial charge on any atom is 0.407 e. The van der Waals surface area contributed by atoms with Gasteiger partial charge in [0, 0.05) is 12.3 Å². The molecule has 0 saturated carbocycles. The average molecular weight is 474 g/mol. The summed E-state index contributed by atoms with van der Waals surface area (Å²) in [4.78, 5) is 36.4. The summed E-state index contributed by atoms with van der Waals surface area (Å²) >= 11 is 0. The number of hydrogen-bond acceptors (Lipinski definition) is 5. The monoisotopic (exact) mass is 473 g/mol. The summed E-state index contributed by atoms with van der Waals surface area (Å²) in [5.41, 5.74) is 5.28. The Morgan fingerprint density at radius 2 is 1.46 bits per heavy atom. The van der Waals surface area contributed by atoms with Gasteiger partial charge in [0.15, 0.2) is 0 Å². The maximum atomic E-state index is 12.4. The fraction of sp³-hybridized carbons (Fsp3) is 0.250.